The molecule has 2 rings (SSSR count). The fourth-order valence-corrected chi connectivity index (χ4v) is 1.65. The Morgan fingerprint density at radius 1 is 1.24 bits per heavy atom. The quantitative estimate of drug-likeness (QED) is 0.637. The van der Waals surface area contributed by atoms with Crippen molar-refractivity contribution in [2.24, 2.45) is 0 Å². The number of halogens is 1. The largest absolute Gasteiger partial charge is 0.458 e. The molecule has 0 aliphatic heterocycles. The van der Waals surface area contributed by atoms with Crippen LogP contribution in [0.2, 0.25) is 0 Å². The standard InChI is InChI=1S/C17H12FNO2/c18-16-3-1-2-13(10-16)8-9-17(20)21-12-15-6-4-14(11-19)5-7-15/h1-10H,12H2/b9-8+. The van der Waals surface area contributed by atoms with Gasteiger partial charge in [0.25, 0.3) is 0 Å². The van der Waals surface area contributed by atoms with E-state index in [0.29, 0.717) is 11.1 Å². The number of nitriles is 1. The average molecular weight is 281 g/mol. The first kappa shape index (κ1) is 14.5. The molecule has 0 saturated heterocycles. The second-order valence-electron chi connectivity index (χ2n) is 4.30. The molecular formula is C17H12FNO2. The molecule has 2 aromatic rings. The molecule has 21 heavy (non-hydrogen) atoms. The Balaban J connectivity index is 1.88. The van der Waals surface area contributed by atoms with E-state index in [-0.39, 0.29) is 12.4 Å². The van der Waals surface area contributed by atoms with E-state index < -0.39 is 5.97 Å². The SMILES string of the molecule is N#Cc1ccc(COC(=O)/C=C/c2cccc(F)c2)cc1. The third kappa shape index (κ3) is 4.59. The Morgan fingerprint density at radius 3 is 2.67 bits per heavy atom. The predicted octanol–water partition coefficient (Wildman–Crippen LogP) is 3.45. The fraction of sp³-hybridized carbons (Fsp3) is 0.0588. The molecule has 4 heteroatoms. The summed E-state index contributed by atoms with van der Waals surface area (Å²) in [4.78, 5) is 11.5. The van der Waals surface area contributed by atoms with Crippen LogP contribution in [0.25, 0.3) is 6.08 Å². The maximum atomic E-state index is 12.9. The van der Waals surface area contributed by atoms with Crippen LogP contribution in [0, 0.1) is 17.1 Å². The molecule has 0 heterocycles. The van der Waals surface area contributed by atoms with Crippen molar-refractivity contribution in [3.05, 3.63) is 77.1 Å². The molecule has 0 atom stereocenters. The van der Waals surface area contributed by atoms with Gasteiger partial charge in [-0.1, -0.05) is 24.3 Å². The number of ether oxygens (including phenoxy) is 1. The van der Waals surface area contributed by atoms with Crippen LogP contribution in [0.1, 0.15) is 16.7 Å². The maximum absolute atomic E-state index is 12.9. The van der Waals surface area contributed by atoms with Crippen molar-refractivity contribution in [3.8, 4) is 6.07 Å². The molecule has 3 nitrogen and oxygen atoms in total. The normalized spacial score (nSPS) is 10.3. The van der Waals surface area contributed by atoms with Crippen molar-refractivity contribution in [2.75, 3.05) is 0 Å². The summed E-state index contributed by atoms with van der Waals surface area (Å²) in [5.74, 6) is -0.869. The zero-order valence-corrected chi connectivity index (χ0v) is 11.1. The molecule has 0 saturated carbocycles. The lowest BCUT2D eigenvalue weighted by Gasteiger charge is -2.02. The molecular weight excluding hydrogens is 269 g/mol. The van der Waals surface area contributed by atoms with Gasteiger partial charge in [0, 0.05) is 6.08 Å². The van der Waals surface area contributed by atoms with E-state index in [1.807, 2.05) is 6.07 Å². The summed E-state index contributed by atoms with van der Waals surface area (Å²) in [6, 6.07) is 14.7. The Bertz CT molecular complexity index is 699. The molecule has 0 aliphatic rings. The fourth-order valence-electron chi connectivity index (χ4n) is 1.65. The van der Waals surface area contributed by atoms with E-state index in [9.17, 15) is 9.18 Å². The highest BCUT2D eigenvalue weighted by molar-refractivity contribution is 5.87. The number of nitrogens with zero attached hydrogens (tertiary/aromatic N) is 1. The highest BCUT2D eigenvalue weighted by Gasteiger charge is 2.00. The maximum Gasteiger partial charge on any atom is 0.331 e. The number of esters is 1. The van der Waals surface area contributed by atoms with Crippen molar-refractivity contribution in [1.82, 2.24) is 0 Å². The van der Waals surface area contributed by atoms with Crippen LogP contribution < -0.4 is 0 Å². The van der Waals surface area contributed by atoms with Gasteiger partial charge in [-0.25, -0.2) is 9.18 Å². The molecule has 2 aromatic carbocycles. The first-order chi connectivity index (χ1) is 10.2. The van der Waals surface area contributed by atoms with Crippen LogP contribution in [-0.4, -0.2) is 5.97 Å². The molecule has 0 amide bonds. The highest BCUT2D eigenvalue weighted by Crippen LogP contribution is 2.07. The Labute approximate surface area is 121 Å². The lowest BCUT2D eigenvalue weighted by molar-refractivity contribution is -0.138. The molecule has 0 radical (unpaired) electrons. The number of hydrogen-bond donors (Lipinski definition) is 0. The summed E-state index contributed by atoms with van der Waals surface area (Å²) in [6.07, 6.45) is 2.74. The summed E-state index contributed by atoms with van der Waals surface area (Å²) in [5, 5.41) is 8.67. The minimum absolute atomic E-state index is 0.123. The smallest absolute Gasteiger partial charge is 0.331 e. The number of carbonyl (C=O) groups is 1. The zero-order valence-electron chi connectivity index (χ0n) is 11.1. The van der Waals surface area contributed by atoms with E-state index >= 15 is 0 Å². The van der Waals surface area contributed by atoms with E-state index in [0.717, 1.165) is 5.56 Å². The van der Waals surface area contributed by atoms with Crippen LogP contribution >= 0.6 is 0 Å². The molecule has 0 spiro atoms. The lowest BCUT2D eigenvalue weighted by atomic mass is 10.2. The van der Waals surface area contributed by atoms with Gasteiger partial charge >= 0.3 is 5.97 Å². The molecule has 0 aliphatic carbocycles. The van der Waals surface area contributed by atoms with Gasteiger partial charge < -0.3 is 4.74 Å². The number of carbonyl (C=O) groups excluding carboxylic acids is 1. The first-order valence-electron chi connectivity index (χ1n) is 6.27. The van der Waals surface area contributed by atoms with E-state index in [2.05, 4.69) is 0 Å². The van der Waals surface area contributed by atoms with E-state index in [1.165, 1.54) is 24.3 Å². The molecule has 0 fully saturated rings. The van der Waals surface area contributed by atoms with Gasteiger partial charge in [-0.05, 0) is 41.5 Å². The summed E-state index contributed by atoms with van der Waals surface area (Å²) < 4.78 is 18.0. The van der Waals surface area contributed by atoms with Crippen molar-refractivity contribution < 1.29 is 13.9 Å². The van der Waals surface area contributed by atoms with Gasteiger partial charge in [-0.3, -0.25) is 0 Å². The number of rotatable bonds is 4. The third-order valence-corrected chi connectivity index (χ3v) is 2.72. The van der Waals surface area contributed by atoms with Crippen LogP contribution in [-0.2, 0) is 16.1 Å². The summed E-state index contributed by atoms with van der Waals surface area (Å²) in [5.41, 5.74) is 1.93. The minimum Gasteiger partial charge on any atom is -0.458 e. The summed E-state index contributed by atoms with van der Waals surface area (Å²) >= 11 is 0. The zero-order chi connectivity index (χ0) is 15.1. The van der Waals surface area contributed by atoms with Crippen molar-refractivity contribution >= 4 is 12.0 Å². The van der Waals surface area contributed by atoms with Crippen LogP contribution in [0.5, 0.6) is 0 Å². The number of hydrogen-bond acceptors (Lipinski definition) is 3. The molecule has 0 bridgehead atoms. The average Bonchev–Trinajstić information content (AvgIpc) is 2.51. The molecule has 0 N–H and O–H groups in total. The minimum atomic E-state index is -0.511. The first-order valence-corrected chi connectivity index (χ1v) is 6.27. The monoisotopic (exact) mass is 281 g/mol. The van der Waals surface area contributed by atoms with E-state index in [4.69, 9.17) is 10.00 Å². The third-order valence-electron chi connectivity index (χ3n) is 2.72. The molecule has 0 aromatic heterocycles. The summed E-state index contributed by atoms with van der Waals surface area (Å²) in [6.45, 7) is 0.123. The molecule has 0 unspecified atom stereocenters. The van der Waals surface area contributed by atoms with Crippen LogP contribution in [0.4, 0.5) is 4.39 Å². The second-order valence-corrected chi connectivity index (χ2v) is 4.30. The lowest BCUT2D eigenvalue weighted by Crippen LogP contribution is -2.00. The van der Waals surface area contributed by atoms with Crippen LogP contribution in [0.3, 0.4) is 0 Å². The van der Waals surface area contributed by atoms with Gasteiger partial charge in [0.2, 0.25) is 0 Å². The van der Waals surface area contributed by atoms with Crippen LogP contribution in [0.15, 0.2) is 54.6 Å². The molecule has 104 valence electrons. The van der Waals surface area contributed by atoms with Gasteiger partial charge in [-0.2, -0.15) is 5.26 Å². The van der Waals surface area contributed by atoms with Crippen molar-refractivity contribution in [1.29, 1.82) is 5.26 Å². The van der Waals surface area contributed by atoms with Crippen molar-refractivity contribution in [2.45, 2.75) is 6.61 Å². The Kier molecular flexibility index (Phi) is 4.84. The summed E-state index contributed by atoms with van der Waals surface area (Å²) in [7, 11) is 0. The van der Waals surface area contributed by atoms with Crippen molar-refractivity contribution in [3.63, 3.8) is 0 Å². The van der Waals surface area contributed by atoms with Gasteiger partial charge in [0.15, 0.2) is 0 Å². The topological polar surface area (TPSA) is 50.1 Å². The Morgan fingerprint density at radius 2 is 2.00 bits per heavy atom. The predicted molar refractivity (Wildman–Crippen MR) is 76.4 cm³/mol. The number of benzene rings is 2. The van der Waals surface area contributed by atoms with Gasteiger partial charge in [-0.15, -0.1) is 0 Å². The van der Waals surface area contributed by atoms with Gasteiger partial charge in [0.05, 0.1) is 11.6 Å². The Hall–Kier alpha value is -2.93. The van der Waals surface area contributed by atoms with Gasteiger partial charge in [0.1, 0.15) is 12.4 Å². The second kappa shape index (κ2) is 7.01. The van der Waals surface area contributed by atoms with E-state index in [1.54, 1.807) is 36.4 Å². The highest BCUT2D eigenvalue weighted by atomic mass is 19.1.